The average Bonchev–Trinajstić information content (AvgIpc) is 3.52. The molecule has 0 radical (unpaired) electrons. The number of pyridine rings is 1. The van der Waals surface area contributed by atoms with Gasteiger partial charge in [-0.25, -0.2) is 14.5 Å². The van der Waals surface area contributed by atoms with Crippen LogP contribution in [0.4, 0.5) is 18.9 Å². The number of anilines is 1. The van der Waals surface area contributed by atoms with Crippen molar-refractivity contribution >= 4 is 44.7 Å². The molecule has 36 heavy (non-hydrogen) atoms. The second-order valence-electron chi connectivity index (χ2n) is 7.77. The molecule has 0 bridgehead atoms. The maximum Gasteiger partial charge on any atom is 0.433 e. The van der Waals surface area contributed by atoms with E-state index in [0.29, 0.717) is 34.8 Å². The number of primary amides is 1. The molecule has 0 saturated heterocycles. The number of nitrogens with two attached hydrogens (primary N) is 1. The number of hydrogen-bond donors (Lipinski definition) is 2. The molecule has 5 aromatic rings. The number of aryl methyl sites for hydroxylation is 1. The summed E-state index contributed by atoms with van der Waals surface area (Å²) >= 11 is 0.666. The largest absolute Gasteiger partial charge is 0.433 e. The molecule has 3 N–H and O–H groups in total. The number of amides is 2. The third-order valence-electron chi connectivity index (χ3n) is 5.58. The Morgan fingerprint density at radius 3 is 2.64 bits per heavy atom. The molecule has 0 aliphatic rings. The van der Waals surface area contributed by atoms with Crippen LogP contribution in [0.2, 0.25) is 0 Å². The lowest BCUT2D eigenvalue weighted by molar-refractivity contribution is -0.140. The molecule has 0 atom stereocenters. The number of halogens is 3. The highest BCUT2D eigenvalue weighted by Crippen LogP contribution is 2.44. The fraction of sp³-hybridized carbons (Fsp3) is 0.182. The van der Waals surface area contributed by atoms with Gasteiger partial charge in [0.15, 0.2) is 11.3 Å². The number of thiophene rings is 1. The summed E-state index contributed by atoms with van der Waals surface area (Å²) in [6.45, 7) is 4.06. The summed E-state index contributed by atoms with van der Waals surface area (Å²) in [5.41, 5.74) is 5.87. The molecule has 0 aliphatic carbocycles. The Morgan fingerprint density at radius 2 is 2.00 bits per heavy atom. The number of hydrogen-bond acceptors (Lipinski definition) is 7. The summed E-state index contributed by atoms with van der Waals surface area (Å²) in [5, 5.41) is 11.2. The minimum Gasteiger partial charge on any atom is -0.365 e. The van der Waals surface area contributed by atoms with E-state index in [1.165, 1.54) is 23.0 Å². The topological polar surface area (TPSA) is 133 Å². The molecule has 0 spiro atoms. The number of carbonyl (C=O) groups is 2. The highest BCUT2D eigenvalue weighted by molar-refractivity contribution is 7.21. The molecule has 0 aromatic carbocycles. The van der Waals surface area contributed by atoms with Crippen LogP contribution in [0.15, 0.2) is 36.8 Å². The van der Waals surface area contributed by atoms with Gasteiger partial charge in [0.2, 0.25) is 0 Å². The van der Waals surface area contributed by atoms with Crippen LogP contribution in [0.3, 0.4) is 0 Å². The standard InChI is InChI=1S/C22H17F3N8O2S/c1-3-32-10(2)12(9-28-32)11-7-14(22(23,24)25)29-21-16(11)17(18(36-21)19(26)34)30-20(35)13-8-15-27-5-4-6-33(15)31-13/h4-9H,3H2,1-2H3,(H2,26,34)(H,30,35). The predicted octanol–water partition coefficient (Wildman–Crippen LogP) is 3.90. The molecule has 14 heteroatoms. The van der Waals surface area contributed by atoms with Crippen molar-refractivity contribution in [1.82, 2.24) is 29.4 Å². The number of carbonyl (C=O) groups excluding carboxylic acids is 2. The van der Waals surface area contributed by atoms with Gasteiger partial charge in [-0.3, -0.25) is 14.3 Å². The van der Waals surface area contributed by atoms with Crippen molar-refractivity contribution in [3.05, 3.63) is 58.7 Å². The maximum absolute atomic E-state index is 13.7. The van der Waals surface area contributed by atoms with E-state index in [0.717, 1.165) is 6.07 Å². The van der Waals surface area contributed by atoms with Crippen molar-refractivity contribution in [2.45, 2.75) is 26.6 Å². The lowest BCUT2D eigenvalue weighted by Gasteiger charge is -2.12. The zero-order valence-corrected chi connectivity index (χ0v) is 19.6. The van der Waals surface area contributed by atoms with Crippen molar-refractivity contribution in [2.24, 2.45) is 5.73 Å². The number of alkyl halides is 3. The molecule has 0 unspecified atom stereocenters. The summed E-state index contributed by atoms with van der Waals surface area (Å²) in [5.74, 6) is -1.63. The Balaban J connectivity index is 1.74. The molecule has 0 saturated carbocycles. The van der Waals surface area contributed by atoms with E-state index < -0.39 is 23.7 Å². The van der Waals surface area contributed by atoms with Crippen LogP contribution < -0.4 is 11.1 Å². The molecule has 2 amide bonds. The molecular weight excluding hydrogens is 497 g/mol. The van der Waals surface area contributed by atoms with E-state index in [1.54, 1.807) is 23.9 Å². The Bertz CT molecular complexity index is 1630. The minimum atomic E-state index is -4.75. The number of rotatable bonds is 5. The number of fused-ring (bicyclic) bond motifs is 2. The normalized spacial score (nSPS) is 11.9. The minimum absolute atomic E-state index is 0.0140. The first-order valence-corrected chi connectivity index (χ1v) is 11.4. The fourth-order valence-electron chi connectivity index (χ4n) is 3.90. The molecular formula is C22H17F3N8O2S. The van der Waals surface area contributed by atoms with E-state index in [-0.39, 0.29) is 32.0 Å². The summed E-state index contributed by atoms with van der Waals surface area (Å²) in [7, 11) is 0. The zero-order valence-electron chi connectivity index (χ0n) is 18.8. The highest BCUT2D eigenvalue weighted by atomic mass is 32.1. The van der Waals surface area contributed by atoms with E-state index in [9.17, 15) is 22.8 Å². The Labute approximate surface area is 204 Å². The van der Waals surface area contributed by atoms with Gasteiger partial charge in [0, 0.05) is 41.6 Å². The molecule has 184 valence electrons. The van der Waals surface area contributed by atoms with Gasteiger partial charge in [-0.2, -0.15) is 23.4 Å². The Morgan fingerprint density at radius 1 is 1.22 bits per heavy atom. The third-order valence-corrected chi connectivity index (χ3v) is 6.67. The van der Waals surface area contributed by atoms with Crippen LogP contribution in [-0.2, 0) is 12.7 Å². The number of nitrogens with one attached hydrogen (secondary N) is 1. The number of aromatic nitrogens is 6. The van der Waals surface area contributed by atoms with E-state index in [2.05, 4.69) is 25.5 Å². The first kappa shape index (κ1) is 23.4. The van der Waals surface area contributed by atoms with Crippen LogP contribution in [0.25, 0.3) is 27.0 Å². The molecule has 10 nitrogen and oxygen atoms in total. The molecule has 5 rings (SSSR count). The fourth-order valence-corrected chi connectivity index (χ4v) is 4.90. The van der Waals surface area contributed by atoms with Gasteiger partial charge in [-0.15, -0.1) is 11.3 Å². The summed E-state index contributed by atoms with van der Waals surface area (Å²) in [6, 6.07) is 3.95. The van der Waals surface area contributed by atoms with Crippen molar-refractivity contribution in [3.8, 4) is 11.1 Å². The van der Waals surface area contributed by atoms with Gasteiger partial charge in [0.1, 0.15) is 15.4 Å². The van der Waals surface area contributed by atoms with Crippen LogP contribution >= 0.6 is 11.3 Å². The summed E-state index contributed by atoms with van der Waals surface area (Å²) in [4.78, 5) is 33.0. The Hall–Kier alpha value is -4.33. The van der Waals surface area contributed by atoms with Crippen molar-refractivity contribution < 1.29 is 22.8 Å². The van der Waals surface area contributed by atoms with Crippen LogP contribution in [-0.4, -0.2) is 41.2 Å². The van der Waals surface area contributed by atoms with Crippen molar-refractivity contribution in [1.29, 1.82) is 0 Å². The van der Waals surface area contributed by atoms with E-state index >= 15 is 0 Å². The van der Waals surface area contributed by atoms with Crippen molar-refractivity contribution in [3.63, 3.8) is 0 Å². The predicted molar refractivity (Wildman–Crippen MR) is 126 cm³/mol. The van der Waals surface area contributed by atoms with Crippen LogP contribution in [0, 0.1) is 6.92 Å². The van der Waals surface area contributed by atoms with Gasteiger partial charge in [-0.05, 0) is 31.5 Å². The lowest BCUT2D eigenvalue weighted by atomic mass is 10.0. The number of nitrogens with zero attached hydrogens (tertiary/aromatic N) is 6. The molecule has 0 aliphatic heterocycles. The van der Waals surface area contributed by atoms with Crippen LogP contribution in [0.1, 0.15) is 38.5 Å². The smallest absolute Gasteiger partial charge is 0.365 e. The van der Waals surface area contributed by atoms with Gasteiger partial charge >= 0.3 is 6.18 Å². The van der Waals surface area contributed by atoms with Gasteiger partial charge in [-0.1, -0.05) is 0 Å². The molecule has 5 aromatic heterocycles. The van der Waals surface area contributed by atoms with Crippen LogP contribution in [0.5, 0.6) is 0 Å². The van der Waals surface area contributed by atoms with E-state index in [1.807, 2.05) is 6.92 Å². The lowest BCUT2D eigenvalue weighted by Crippen LogP contribution is -2.17. The van der Waals surface area contributed by atoms with Gasteiger partial charge in [0.05, 0.1) is 11.9 Å². The van der Waals surface area contributed by atoms with Gasteiger partial charge < -0.3 is 11.1 Å². The highest BCUT2D eigenvalue weighted by Gasteiger charge is 2.35. The quantitative estimate of drug-likeness (QED) is 0.366. The van der Waals surface area contributed by atoms with Crippen molar-refractivity contribution in [2.75, 3.05) is 5.32 Å². The SMILES string of the molecule is CCn1ncc(-c2cc(C(F)(F)F)nc3sc(C(N)=O)c(NC(=O)c4cc5ncccn5n4)c23)c1C. The van der Waals surface area contributed by atoms with Gasteiger partial charge in [0.25, 0.3) is 11.8 Å². The third kappa shape index (κ3) is 3.84. The second kappa shape index (κ2) is 8.41. The van der Waals surface area contributed by atoms with E-state index in [4.69, 9.17) is 5.73 Å². The first-order chi connectivity index (χ1) is 17.1. The molecule has 0 fully saturated rings. The monoisotopic (exact) mass is 514 g/mol. The maximum atomic E-state index is 13.7. The zero-order chi connectivity index (χ0) is 25.8. The summed E-state index contributed by atoms with van der Waals surface area (Å²) < 4.78 is 44.2. The molecule has 5 heterocycles. The second-order valence-corrected chi connectivity index (χ2v) is 8.77. The Kier molecular flexibility index (Phi) is 5.47. The average molecular weight is 514 g/mol. The first-order valence-electron chi connectivity index (χ1n) is 10.6. The summed E-state index contributed by atoms with van der Waals surface area (Å²) in [6.07, 6.45) is -0.176.